The maximum absolute atomic E-state index is 13.4. The molecule has 226 valence electrons. The number of methoxy groups -OCH3 is 1. The third-order valence-electron chi connectivity index (χ3n) is 7.90. The van der Waals surface area contributed by atoms with Crippen molar-refractivity contribution in [3.8, 4) is 34.3 Å². The van der Waals surface area contributed by atoms with Crippen molar-refractivity contribution in [1.29, 1.82) is 0 Å². The highest BCUT2D eigenvalue weighted by Crippen LogP contribution is 2.45. The molecule has 1 saturated carbocycles. The van der Waals surface area contributed by atoms with Crippen LogP contribution in [0.4, 0.5) is 19.0 Å². The Balaban J connectivity index is 1.25. The van der Waals surface area contributed by atoms with Crippen molar-refractivity contribution in [2.45, 2.75) is 64.8 Å². The number of aromatic nitrogens is 9. The van der Waals surface area contributed by atoms with Crippen LogP contribution in [-0.2, 0) is 19.3 Å². The molecule has 5 aromatic rings. The molecular weight excluding hydrogens is 573 g/mol. The van der Waals surface area contributed by atoms with Crippen molar-refractivity contribution >= 4 is 5.82 Å². The van der Waals surface area contributed by atoms with Gasteiger partial charge in [-0.25, -0.2) is 24.9 Å². The normalized spacial score (nSPS) is 14.6. The van der Waals surface area contributed by atoms with Crippen LogP contribution in [0.1, 0.15) is 67.2 Å². The van der Waals surface area contributed by atoms with Crippen LogP contribution in [0, 0.1) is 6.92 Å². The first-order chi connectivity index (χ1) is 21.1. The Morgan fingerprint density at radius 2 is 1.80 bits per heavy atom. The Morgan fingerprint density at radius 3 is 2.48 bits per heavy atom. The summed E-state index contributed by atoms with van der Waals surface area (Å²) < 4.78 is 49.4. The Labute approximate surface area is 250 Å². The van der Waals surface area contributed by atoms with Gasteiger partial charge in [0.2, 0.25) is 5.88 Å². The van der Waals surface area contributed by atoms with Gasteiger partial charge in [0, 0.05) is 30.3 Å². The van der Waals surface area contributed by atoms with E-state index in [1.54, 1.807) is 30.0 Å². The van der Waals surface area contributed by atoms with E-state index in [4.69, 9.17) is 14.7 Å². The highest BCUT2D eigenvalue weighted by Gasteiger charge is 2.36. The Morgan fingerprint density at radius 1 is 1.02 bits per heavy atom. The maximum atomic E-state index is 13.4. The molecule has 1 fully saturated rings. The number of ether oxygens (including phenoxy) is 1. The minimum absolute atomic E-state index is 0.193. The van der Waals surface area contributed by atoms with E-state index in [1.807, 2.05) is 37.5 Å². The van der Waals surface area contributed by atoms with Gasteiger partial charge < -0.3 is 14.2 Å². The summed E-state index contributed by atoms with van der Waals surface area (Å²) in [6.07, 6.45) is 1.90. The van der Waals surface area contributed by atoms with Crippen molar-refractivity contribution in [3.05, 3.63) is 71.6 Å². The number of aryl methyl sites for hydroxylation is 1. The van der Waals surface area contributed by atoms with Crippen molar-refractivity contribution in [3.63, 3.8) is 0 Å². The Kier molecular flexibility index (Phi) is 6.59. The first-order valence-corrected chi connectivity index (χ1v) is 14.3. The van der Waals surface area contributed by atoms with Crippen molar-refractivity contribution in [1.82, 2.24) is 44.3 Å². The minimum atomic E-state index is -4.52. The van der Waals surface area contributed by atoms with E-state index >= 15 is 0 Å². The van der Waals surface area contributed by atoms with Crippen molar-refractivity contribution in [2.75, 3.05) is 12.0 Å². The Hall–Kier alpha value is -4.88. The van der Waals surface area contributed by atoms with Crippen LogP contribution in [0.25, 0.3) is 28.5 Å². The average Bonchev–Trinajstić information content (AvgIpc) is 3.63. The number of benzene rings is 1. The lowest BCUT2D eigenvalue weighted by molar-refractivity contribution is -0.140. The molecule has 0 saturated heterocycles. The van der Waals surface area contributed by atoms with Gasteiger partial charge in [-0.15, -0.1) is 10.2 Å². The van der Waals surface area contributed by atoms with Crippen molar-refractivity contribution < 1.29 is 17.9 Å². The van der Waals surface area contributed by atoms with Gasteiger partial charge in [-0.2, -0.15) is 13.2 Å². The molecule has 5 heterocycles. The van der Waals surface area contributed by atoms with Gasteiger partial charge in [-0.1, -0.05) is 24.3 Å². The van der Waals surface area contributed by atoms with Gasteiger partial charge in [0.1, 0.15) is 29.2 Å². The maximum Gasteiger partial charge on any atom is 0.434 e. The molecule has 0 unspecified atom stereocenters. The number of imidazole rings is 1. The highest BCUT2D eigenvalue weighted by molar-refractivity contribution is 5.70. The molecule has 2 aliphatic rings. The Bertz CT molecular complexity index is 1860. The standard InChI is InChI=1S/C30H29F3N10O/c1-16(2)42-13-22(30(31,32)33)37-27(42)20-7-5-18(6-8-20)12-41-14-23-40-39-17(3)43(23)21-11-34-26(38-28(21)41)24-25(19-9-10-19)35-15-36-29(24)44-4/h5-8,11,13,15-16,19H,9-10,12,14H2,1-4H3. The largest absolute Gasteiger partial charge is 0.480 e. The summed E-state index contributed by atoms with van der Waals surface area (Å²) in [5.74, 6) is 3.65. The second-order valence-electron chi connectivity index (χ2n) is 11.3. The lowest BCUT2D eigenvalue weighted by Crippen LogP contribution is -2.31. The zero-order valence-corrected chi connectivity index (χ0v) is 24.5. The molecule has 0 N–H and O–H groups in total. The summed E-state index contributed by atoms with van der Waals surface area (Å²) in [7, 11) is 1.57. The first kappa shape index (κ1) is 27.9. The quantitative estimate of drug-likeness (QED) is 0.232. The minimum Gasteiger partial charge on any atom is -0.480 e. The number of nitrogens with zero attached hydrogens (tertiary/aromatic N) is 10. The van der Waals surface area contributed by atoms with E-state index in [9.17, 15) is 13.2 Å². The molecule has 1 aliphatic heterocycles. The summed E-state index contributed by atoms with van der Waals surface area (Å²) in [5.41, 5.74) is 2.94. The van der Waals surface area contributed by atoms with Crippen LogP contribution in [0.3, 0.4) is 0 Å². The molecule has 1 aliphatic carbocycles. The van der Waals surface area contributed by atoms with E-state index in [0.717, 1.165) is 47.6 Å². The van der Waals surface area contributed by atoms with E-state index in [1.165, 1.54) is 6.33 Å². The molecule has 7 rings (SSSR count). The van der Waals surface area contributed by atoms with Crippen LogP contribution < -0.4 is 9.64 Å². The summed E-state index contributed by atoms with van der Waals surface area (Å²) in [4.78, 5) is 24.7. The number of alkyl halides is 3. The fourth-order valence-corrected chi connectivity index (χ4v) is 5.61. The van der Waals surface area contributed by atoms with Crippen molar-refractivity contribution in [2.24, 2.45) is 0 Å². The zero-order chi connectivity index (χ0) is 30.7. The molecule has 44 heavy (non-hydrogen) atoms. The smallest absolute Gasteiger partial charge is 0.434 e. The molecule has 0 amide bonds. The van der Waals surface area contributed by atoms with Crippen LogP contribution in [-0.4, -0.2) is 51.4 Å². The molecule has 0 radical (unpaired) electrons. The topological polar surface area (TPSA) is 113 Å². The highest BCUT2D eigenvalue weighted by atomic mass is 19.4. The summed E-state index contributed by atoms with van der Waals surface area (Å²) in [5, 5.41) is 8.66. The van der Waals surface area contributed by atoms with Gasteiger partial charge in [0.25, 0.3) is 0 Å². The molecule has 4 aromatic heterocycles. The van der Waals surface area contributed by atoms with Crippen LogP contribution in [0.2, 0.25) is 0 Å². The summed E-state index contributed by atoms with van der Waals surface area (Å²) >= 11 is 0. The van der Waals surface area contributed by atoms with Gasteiger partial charge >= 0.3 is 6.18 Å². The molecule has 1 aromatic carbocycles. The molecule has 0 atom stereocenters. The molecule has 0 spiro atoms. The van der Waals surface area contributed by atoms with E-state index < -0.39 is 11.9 Å². The van der Waals surface area contributed by atoms with Gasteiger partial charge in [0.15, 0.2) is 23.2 Å². The predicted octanol–water partition coefficient (Wildman–Crippen LogP) is 5.69. The fourth-order valence-electron chi connectivity index (χ4n) is 5.61. The lowest BCUT2D eigenvalue weighted by atomic mass is 10.1. The average molecular weight is 603 g/mol. The van der Waals surface area contributed by atoms with E-state index in [2.05, 4.69) is 30.0 Å². The van der Waals surface area contributed by atoms with Gasteiger partial charge in [-0.3, -0.25) is 4.57 Å². The molecule has 14 heteroatoms. The van der Waals surface area contributed by atoms with Crippen LogP contribution in [0.5, 0.6) is 5.88 Å². The fraction of sp³-hybridized carbons (Fsp3) is 0.367. The first-order valence-electron chi connectivity index (χ1n) is 14.3. The lowest BCUT2D eigenvalue weighted by Gasteiger charge is -2.30. The molecule has 0 bridgehead atoms. The summed E-state index contributed by atoms with van der Waals surface area (Å²) in [6.45, 7) is 6.44. The number of halogens is 3. The number of hydrogen-bond donors (Lipinski definition) is 0. The number of hydrogen-bond acceptors (Lipinski definition) is 9. The van der Waals surface area contributed by atoms with Crippen LogP contribution >= 0.6 is 0 Å². The second-order valence-corrected chi connectivity index (χ2v) is 11.3. The predicted molar refractivity (Wildman–Crippen MR) is 154 cm³/mol. The summed E-state index contributed by atoms with van der Waals surface area (Å²) in [6, 6.07) is 7.20. The van der Waals surface area contributed by atoms with Gasteiger partial charge in [-0.05, 0) is 39.2 Å². The number of fused-ring (bicyclic) bond motifs is 3. The molecular formula is C30H29F3N10O. The van der Waals surface area contributed by atoms with Crippen LogP contribution in [0.15, 0.2) is 43.0 Å². The third kappa shape index (κ3) is 4.83. The molecule has 11 nitrogen and oxygen atoms in total. The number of rotatable bonds is 7. The van der Waals surface area contributed by atoms with E-state index in [-0.39, 0.29) is 11.9 Å². The zero-order valence-electron chi connectivity index (χ0n) is 24.5. The van der Waals surface area contributed by atoms with E-state index in [0.29, 0.717) is 47.7 Å². The monoisotopic (exact) mass is 602 g/mol. The number of anilines is 1. The van der Waals surface area contributed by atoms with Gasteiger partial charge in [0.05, 0.1) is 25.5 Å². The third-order valence-corrected chi connectivity index (χ3v) is 7.90. The SMILES string of the molecule is COc1ncnc(C2CC2)c1-c1ncc2c(n1)N(Cc1ccc(-c3nc(C(F)(F)F)cn3C(C)C)cc1)Cc1nnc(C)n1-2. The second kappa shape index (κ2) is 10.4.